The maximum absolute atomic E-state index is 11.2. The number of ether oxygens (including phenoxy) is 1. The molecular weight excluding hydrogens is 214 g/mol. The van der Waals surface area contributed by atoms with E-state index in [0.29, 0.717) is 18.9 Å². The zero-order valence-corrected chi connectivity index (χ0v) is 11.8. The van der Waals surface area contributed by atoms with Gasteiger partial charge in [0, 0.05) is 6.42 Å². The van der Waals surface area contributed by atoms with E-state index in [9.17, 15) is 4.79 Å². The minimum atomic E-state index is -0.0546. The van der Waals surface area contributed by atoms with E-state index >= 15 is 0 Å². The van der Waals surface area contributed by atoms with Gasteiger partial charge in [-0.2, -0.15) is 0 Å². The van der Waals surface area contributed by atoms with E-state index in [1.165, 1.54) is 19.3 Å². The molecule has 0 rings (SSSR count). The van der Waals surface area contributed by atoms with Crippen LogP contribution in [0.25, 0.3) is 0 Å². The topological polar surface area (TPSA) is 38.3 Å². The van der Waals surface area contributed by atoms with Crippen LogP contribution in [0.1, 0.15) is 59.3 Å². The minimum absolute atomic E-state index is 0.0546. The Hall–Kier alpha value is -0.570. The SMILES string of the molecule is CCCCNCCCCCOC(=O)CC(C)C. The van der Waals surface area contributed by atoms with Crippen molar-refractivity contribution >= 4 is 5.97 Å². The Kier molecular flexibility index (Phi) is 11.5. The highest BCUT2D eigenvalue weighted by atomic mass is 16.5. The third-order valence-electron chi connectivity index (χ3n) is 2.54. The summed E-state index contributed by atoms with van der Waals surface area (Å²) in [7, 11) is 0. The third kappa shape index (κ3) is 13.4. The molecule has 0 fully saturated rings. The molecule has 3 heteroatoms. The third-order valence-corrected chi connectivity index (χ3v) is 2.54. The van der Waals surface area contributed by atoms with Crippen LogP contribution in [0.5, 0.6) is 0 Å². The molecule has 0 saturated heterocycles. The highest BCUT2D eigenvalue weighted by molar-refractivity contribution is 5.69. The fraction of sp³-hybridized carbons (Fsp3) is 0.929. The standard InChI is InChI=1S/C14H29NO2/c1-4-5-9-15-10-7-6-8-11-17-14(16)12-13(2)3/h13,15H,4-12H2,1-3H3. The smallest absolute Gasteiger partial charge is 0.306 e. The average molecular weight is 243 g/mol. The fourth-order valence-electron chi connectivity index (χ4n) is 1.53. The molecule has 0 aliphatic heterocycles. The summed E-state index contributed by atoms with van der Waals surface area (Å²) in [5, 5.41) is 3.40. The summed E-state index contributed by atoms with van der Waals surface area (Å²) in [6, 6.07) is 0. The van der Waals surface area contributed by atoms with Crippen LogP contribution in [-0.2, 0) is 9.53 Å². The van der Waals surface area contributed by atoms with Crippen LogP contribution in [-0.4, -0.2) is 25.7 Å². The second kappa shape index (κ2) is 11.9. The van der Waals surface area contributed by atoms with Gasteiger partial charge < -0.3 is 10.1 Å². The first kappa shape index (κ1) is 16.4. The van der Waals surface area contributed by atoms with Gasteiger partial charge in [0.05, 0.1) is 6.61 Å². The molecule has 0 radical (unpaired) electrons. The Balaban J connectivity index is 3.10. The van der Waals surface area contributed by atoms with Crippen molar-refractivity contribution < 1.29 is 9.53 Å². The maximum Gasteiger partial charge on any atom is 0.306 e. The number of nitrogens with one attached hydrogen (secondary N) is 1. The molecule has 0 amide bonds. The van der Waals surface area contributed by atoms with Crippen molar-refractivity contribution in [3.05, 3.63) is 0 Å². The molecule has 0 aliphatic carbocycles. The highest BCUT2D eigenvalue weighted by Gasteiger charge is 2.04. The van der Waals surface area contributed by atoms with Gasteiger partial charge in [-0.05, 0) is 44.7 Å². The molecule has 0 aromatic carbocycles. The molecule has 0 aromatic rings. The van der Waals surface area contributed by atoms with Crippen LogP contribution < -0.4 is 5.32 Å². The van der Waals surface area contributed by atoms with Gasteiger partial charge in [-0.25, -0.2) is 0 Å². The number of unbranched alkanes of at least 4 members (excludes halogenated alkanes) is 3. The zero-order valence-electron chi connectivity index (χ0n) is 11.8. The number of carbonyl (C=O) groups excluding carboxylic acids is 1. The van der Waals surface area contributed by atoms with Crippen LogP contribution in [0.15, 0.2) is 0 Å². The molecule has 0 unspecified atom stereocenters. The van der Waals surface area contributed by atoms with Gasteiger partial charge in [0.2, 0.25) is 0 Å². The van der Waals surface area contributed by atoms with E-state index in [0.717, 1.165) is 25.9 Å². The Morgan fingerprint density at radius 1 is 1.12 bits per heavy atom. The summed E-state index contributed by atoms with van der Waals surface area (Å²) >= 11 is 0. The largest absolute Gasteiger partial charge is 0.466 e. The molecule has 0 atom stereocenters. The first-order chi connectivity index (χ1) is 8.16. The van der Waals surface area contributed by atoms with Crippen molar-refractivity contribution in [3.8, 4) is 0 Å². The van der Waals surface area contributed by atoms with E-state index in [1.54, 1.807) is 0 Å². The lowest BCUT2D eigenvalue weighted by Crippen LogP contribution is -2.16. The van der Waals surface area contributed by atoms with Crippen molar-refractivity contribution in [2.45, 2.75) is 59.3 Å². The Morgan fingerprint density at radius 2 is 1.82 bits per heavy atom. The molecule has 17 heavy (non-hydrogen) atoms. The average Bonchev–Trinajstić information content (AvgIpc) is 2.26. The Labute approximate surface area is 106 Å². The number of rotatable bonds is 11. The predicted molar refractivity (Wildman–Crippen MR) is 72.0 cm³/mol. The highest BCUT2D eigenvalue weighted by Crippen LogP contribution is 2.02. The number of hydrogen-bond acceptors (Lipinski definition) is 3. The van der Waals surface area contributed by atoms with Crippen LogP contribution in [0.3, 0.4) is 0 Å². The van der Waals surface area contributed by atoms with Crippen LogP contribution in [0, 0.1) is 5.92 Å². The molecule has 0 bridgehead atoms. The monoisotopic (exact) mass is 243 g/mol. The summed E-state index contributed by atoms with van der Waals surface area (Å²) in [5.41, 5.74) is 0. The van der Waals surface area contributed by atoms with Gasteiger partial charge >= 0.3 is 5.97 Å². The van der Waals surface area contributed by atoms with E-state index in [-0.39, 0.29) is 5.97 Å². The van der Waals surface area contributed by atoms with Crippen LogP contribution in [0.4, 0.5) is 0 Å². The number of carbonyl (C=O) groups is 1. The molecule has 3 nitrogen and oxygen atoms in total. The van der Waals surface area contributed by atoms with Crippen molar-refractivity contribution in [2.75, 3.05) is 19.7 Å². The molecule has 0 aliphatic rings. The molecule has 0 aromatic heterocycles. The molecular formula is C14H29NO2. The second-order valence-corrected chi connectivity index (χ2v) is 4.98. The lowest BCUT2D eigenvalue weighted by atomic mass is 10.1. The van der Waals surface area contributed by atoms with Crippen molar-refractivity contribution in [1.82, 2.24) is 5.32 Å². The van der Waals surface area contributed by atoms with E-state index in [2.05, 4.69) is 12.2 Å². The van der Waals surface area contributed by atoms with E-state index in [4.69, 9.17) is 4.74 Å². The molecule has 102 valence electrons. The molecule has 0 spiro atoms. The fourth-order valence-corrected chi connectivity index (χ4v) is 1.53. The summed E-state index contributed by atoms with van der Waals surface area (Å²) in [6.07, 6.45) is 6.34. The number of esters is 1. The summed E-state index contributed by atoms with van der Waals surface area (Å²) in [5.74, 6) is 0.339. The zero-order chi connectivity index (χ0) is 12.9. The lowest BCUT2D eigenvalue weighted by Gasteiger charge is -2.07. The summed E-state index contributed by atoms with van der Waals surface area (Å²) < 4.78 is 5.14. The van der Waals surface area contributed by atoms with Gasteiger partial charge in [0.25, 0.3) is 0 Å². The first-order valence-corrected chi connectivity index (χ1v) is 7.03. The Morgan fingerprint density at radius 3 is 2.47 bits per heavy atom. The normalized spacial score (nSPS) is 10.8. The number of hydrogen-bond donors (Lipinski definition) is 1. The van der Waals surface area contributed by atoms with Crippen molar-refractivity contribution in [2.24, 2.45) is 5.92 Å². The molecule has 0 heterocycles. The quantitative estimate of drug-likeness (QED) is 0.447. The minimum Gasteiger partial charge on any atom is -0.466 e. The van der Waals surface area contributed by atoms with Crippen molar-refractivity contribution in [1.29, 1.82) is 0 Å². The molecule has 1 N–H and O–H groups in total. The first-order valence-electron chi connectivity index (χ1n) is 7.03. The summed E-state index contributed by atoms with van der Waals surface area (Å²) in [6.45, 7) is 9.06. The summed E-state index contributed by atoms with van der Waals surface area (Å²) in [4.78, 5) is 11.2. The maximum atomic E-state index is 11.2. The second-order valence-electron chi connectivity index (χ2n) is 4.98. The van der Waals surface area contributed by atoms with Crippen molar-refractivity contribution in [3.63, 3.8) is 0 Å². The Bertz CT molecular complexity index is 181. The van der Waals surface area contributed by atoms with Crippen LogP contribution in [0.2, 0.25) is 0 Å². The van der Waals surface area contributed by atoms with E-state index in [1.807, 2.05) is 13.8 Å². The van der Waals surface area contributed by atoms with E-state index < -0.39 is 0 Å². The predicted octanol–water partition coefficient (Wildman–Crippen LogP) is 3.14. The van der Waals surface area contributed by atoms with Gasteiger partial charge in [0.1, 0.15) is 0 Å². The lowest BCUT2D eigenvalue weighted by molar-refractivity contribution is -0.144. The van der Waals surface area contributed by atoms with Gasteiger partial charge in [0.15, 0.2) is 0 Å². The van der Waals surface area contributed by atoms with Gasteiger partial charge in [-0.15, -0.1) is 0 Å². The van der Waals surface area contributed by atoms with Gasteiger partial charge in [-0.1, -0.05) is 27.2 Å². The molecule has 0 saturated carbocycles. The van der Waals surface area contributed by atoms with Crippen LogP contribution >= 0.6 is 0 Å². The van der Waals surface area contributed by atoms with Gasteiger partial charge in [-0.3, -0.25) is 4.79 Å².